The van der Waals surface area contributed by atoms with Crippen LogP contribution >= 0.6 is 12.2 Å². The molecule has 0 atom stereocenters. The van der Waals surface area contributed by atoms with Crippen LogP contribution in [0.15, 0.2) is 72.0 Å². The standard InChI is InChI=1S/C19H22N2S/c1-4-16(15(3)20)18(21)12-6-5-7-13-19(22)17-11-9-8-10-14(17)2/h4-13,20H,21H2,1-3H3/b6-5+,13-7+,16-4-,18-12+,20-15?. The Morgan fingerprint density at radius 2 is 1.86 bits per heavy atom. The molecule has 3 heteroatoms. The van der Waals surface area contributed by atoms with E-state index in [2.05, 4.69) is 0 Å². The molecule has 114 valence electrons. The molecule has 0 amide bonds. The van der Waals surface area contributed by atoms with E-state index >= 15 is 0 Å². The normalized spacial score (nSPS) is 13.0. The first-order valence-electron chi connectivity index (χ1n) is 7.10. The lowest BCUT2D eigenvalue weighted by molar-refractivity contribution is 1.33. The Morgan fingerprint density at radius 3 is 2.45 bits per heavy atom. The van der Waals surface area contributed by atoms with Crippen LogP contribution in [0.4, 0.5) is 0 Å². The zero-order valence-corrected chi connectivity index (χ0v) is 14.1. The van der Waals surface area contributed by atoms with Crippen molar-refractivity contribution in [2.45, 2.75) is 20.8 Å². The number of aryl methyl sites for hydroxylation is 1. The summed E-state index contributed by atoms with van der Waals surface area (Å²) in [5, 5.41) is 7.63. The molecule has 0 heterocycles. The smallest absolute Gasteiger partial charge is 0.0452 e. The molecule has 0 aliphatic heterocycles. The minimum Gasteiger partial charge on any atom is -0.398 e. The van der Waals surface area contributed by atoms with Crippen LogP contribution in [0.2, 0.25) is 0 Å². The topological polar surface area (TPSA) is 49.9 Å². The van der Waals surface area contributed by atoms with Crippen LogP contribution in [0.5, 0.6) is 0 Å². The molecule has 0 spiro atoms. The van der Waals surface area contributed by atoms with Crippen molar-refractivity contribution in [1.82, 2.24) is 0 Å². The van der Waals surface area contributed by atoms with Gasteiger partial charge in [0, 0.05) is 21.8 Å². The molecule has 0 radical (unpaired) electrons. The summed E-state index contributed by atoms with van der Waals surface area (Å²) in [6, 6.07) is 8.06. The zero-order chi connectivity index (χ0) is 16.5. The van der Waals surface area contributed by atoms with Crippen molar-refractivity contribution < 1.29 is 0 Å². The van der Waals surface area contributed by atoms with Gasteiger partial charge >= 0.3 is 0 Å². The van der Waals surface area contributed by atoms with E-state index in [1.165, 1.54) is 5.56 Å². The Balaban J connectivity index is 2.72. The van der Waals surface area contributed by atoms with E-state index in [1.807, 2.05) is 68.5 Å². The highest BCUT2D eigenvalue weighted by molar-refractivity contribution is 7.81. The Morgan fingerprint density at radius 1 is 1.18 bits per heavy atom. The van der Waals surface area contributed by atoms with Crippen LogP contribution in [0.3, 0.4) is 0 Å². The van der Waals surface area contributed by atoms with Crippen molar-refractivity contribution in [3.8, 4) is 0 Å². The lowest BCUT2D eigenvalue weighted by atomic mass is 10.1. The van der Waals surface area contributed by atoms with Gasteiger partial charge < -0.3 is 11.1 Å². The first kappa shape index (κ1) is 17.8. The monoisotopic (exact) mass is 310 g/mol. The first-order chi connectivity index (χ1) is 10.5. The number of nitrogens with two attached hydrogens (primary N) is 1. The molecule has 22 heavy (non-hydrogen) atoms. The van der Waals surface area contributed by atoms with Crippen molar-refractivity contribution in [3.05, 3.63) is 83.1 Å². The summed E-state index contributed by atoms with van der Waals surface area (Å²) in [6.07, 6.45) is 11.1. The zero-order valence-electron chi connectivity index (χ0n) is 13.3. The molecule has 0 saturated carbocycles. The molecule has 1 aromatic carbocycles. The molecule has 0 unspecified atom stereocenters. The number of rotatable bonds is 6. The predicted octanol–water partition coefficient (Wildman–Crippen LogP) is 4.65. The summed E-state index contributed by atoms with van der Waals surface area (Å²) in [5.41, 5.74) is 9.98. The molecule has 0 aliphatic carbocycles. The van der Waals surface area contributed by atoms with Crippen LogP contribution in [-0.2, 0) is 0 Å². The fourth-order valence-corrected chi connectivity index (χ4v) is 2.30. The second kappa shape index (κ2) is 8.90. The van der Waals surface area contributed by atoms with Gasteiger partial charge in [-0.3, -0.25) is 0 Å². The lowest BCUT2D eigenvalue weighted by Gasteiger charge is -2.03. The van der Waals surface area contributed by atoms with E-state index in [9.17, 15) is 0 Å². The third-order valence-electron chi connectivity index (χ3n) is 3.16. The fraction of sp³-hybridized carbons (Fsp3) is 0.158. The number of hydrogen-bond donors (Lipinski definition) is 2. The van der Waals surface area contributed by atoms with Crippen LogP contribution in [0.25, 0.3) is 0 Å². The van der Waals surface area contributed by atoms with E-state index in [1.54, 1.807) is 13.0 Å². The number of nitrogens with one attached hydrogen (secondary N) is 1. The summed E-state index contributed by atoms with van der Waals surface area (Å²) in [6.45, 7) is 5.64. The van der Waals surface area contributed by atoms with Crippen molar-refractivity contribution in [1.29, 1.82) is 5.41 Å². The molecule has 0 bridgehead atoms. The van der Waals surface area contributed by atoms with Gasteiger partial charge in [0.1, 0.15) is 0 Å². The predicted molar refractivity (Wildman–Crippen MR) is 101 cm³/mol. The Labute approximate surface area is 138 Å². The molecule has 2 nitrogen and oxygen atoms in total. The maximum atomic E-state index is 7.63. The largest absolute Gasteiger partial charge is 0.398 e. The molecule has 1 rings (SSSR count). The second-order valence-electron chi connectivity index (χ2n) is 4.87. The van der Waals surface area contributed by atoms with Crippen molar-refractivity contribution in [3.63, 3.8) is 0 Å². The van der Waals surface area contributed by atoms with Gasteiger partial charge in [0.05, 0.1) is 0 Å². The van der Waals surface area contributed by atoms with Gasteiger partial charge in [-0.1, -0.05) is 60.8 Å². The Hall–Kier alpha value is -2.26. The van der Waals surface area contributed by atoms with Crippen LogP contribution in [-0.4, -0.2) is 10.6 Å². The molecular formula is C19H22N2S. The number of allylic oxidation sites excluding steroid dienone is 7. The molecule has 0 fully saturated rings. The van der Waals surface area contributed by atoms with Crippen molar-refractivity contribution in [2.75, 3.05) is 0 Å². The van der Waals surface area contributed by atoms with Gasteiger partial charge in [-0.05, 0) is 44.1 Å². The molecular weight excluding hydrogens is 288 g/mol. The van der Waals surface area contributed by atoms with E-state index in [0.29, 0.717) is 11.4 Å². The van der Waals surface area contributed by atoms with E-state index in [4.69, 9.17) is 23.4 Å². The first-order valence-corrected chi connectivity index (χ1v) is 7.51. The quantitative estimate of drug-likeness (QED) is 0.264. The molecule has 3 N–H and O–H groups in total. The summed E-state index contributed by atoms with van der Waals surface area (Å²) < 4.78 is 0. The van der Waals surface area contributed by atoms with Gasteiger partial charge in [-0.25, -0.2) is 0 Å². The number of thiocarbonyl (C=S) groups is 1. The average molecular weight is 310 g/mol. The lowest BCUT2D eigenvalue weighted by Crippen LogP contribution is -2.06. The van der Waals surface area contributed by atoms with E-state index < -0.39 is 0 Å². The van der Waals surface area contributed by atoms with Gasteiger partial charge in [-0.15, -0.1) is 0 Å². The third kappa shape index (κ3) is 5.26. The molecule has 0 saturated heterocycles. The highest BCUT2D eigenvalue weighted by atomic mass is 32.1. The summed E-state index contributed by atoms with van der Waals surface area (Å²) in [5.74, 6) is 0. The SMILES string of the molecule is C\C=C(C(C)=N)/C(N)=C\C=C\C=C\C(=S)c1ccccc1C. The third-order valence-corrected chi connectivity index (χ3v) is 3.52. The van der Waals surface area contributed by atoms with Crippen molar-refractivity contribution in [2.24, 2.45) is 5.73 Å². The summed E-state index contributed by atoms with van der Waals surface area (Å²) in [7, 11) is 0. The van der Waals surface area contributed by atoms with Gasteiger partial charge in [0.2, 0.25) is 0 Å². The second-order valence-corrected chi connectivity index (χ2v) is 5.31. The highest BCUT2D eigenvalue weighted by Crippen LogP contribution is 2.10. The molecule has 0 aromatic heterocycles. The maximum Gasteiger partial charge on any atom is 0.0452 e. The average Bonchev–Trinajstić information content (AvgIpc) is 2.47. The highest BCUT2D eigenvalue weighted by Gasteiger charge is 2.00. The summed E-state index contributed by atoms with van der Waals surface area (Å²) in [4.78, 5) is 0.809. The van der Waals surface area contributed by atoms with Crippen LogP contribution in [0.1, 0.15) is 25.0 Å². The maximum absolute atomic E-state index is 7.63. The Bertz CT molecular complexity index is 676. The van der Waals surface area contributed by atoms with Crippen LogP contribution < -0.4 is 5.73 Å². The summed E-state index contributed by atoms with van der Waals surface area (Å²) >= 11 is 5.41. The number of benzene rings is 1. The van der Waals surface area contributed by atoms with Gasteiger partial charge in [0.15, 0.2) is 0 Å². The minimum absolute atomic E-state index is 0.459. The van der Waals surface area contributed by atoms with E-state index in [-0.39, 0.29) is 0 Å². The number of hydrogen-bond acceptors (Lipinski definition) is 3. The fourth-order valence-electron chi connectivity index (χ4n) is 1.99. The van der Waals surface area contributed by atoms with Crippen LogP contribution in [0, 0.1) is 12.3 Å². The molecule has 1 aromatic rings. The Kier molecular flexibility index (Phi) is 7.20. The minimum atomic E-state index is 0.459. The van der Waals surface area contributed by atoms with Gasteiger partial charge in [0.25, 0.3) is 0 Å². The molecule has 0 aliphatic rings. The van der Waals surface area contributed by atoms with Crippen molar-refractivity contribution >= 4 is 22.8 Å². The van der Waals surface area contributed by atoms with Gasteiger partial charge in [-0.2, -0.15) is 0 Å². The van der Waals surface area contributed by atoms with E-state index in [0.717, 1.165) is 16.0 Å².